The van der Waals surface area contributed by atoms with Crippen LogP contribution in [0.3, 0.4) is 0 Å². The first kappa shape index (κ1) is 16.9. The van der Waals surface area contributed by atoms with Gasteiger partial charge in [-0.3, -0.25) is 9.59 Å². The normalized spacial score (nSPS) is 11.1. The van der Waals surface area contributed by atoms with E-state index in [2.05, 4.69) is 10.6 Å². The Morgan fingerprint density at radius 3 is 1.94 bits per heavy atom. The largest absolute Gasteiger partial charge is 0.465 e. The molecule has 0 rings (SSSR count). The molecule has 0 saturated carbocycles. The Morgan fingerprint density at radius 2 is 1.50 bits per heavy atom. The SMILES string of the molecule is CCOC(=O)CNCCNCC(=O)OC(C)(C)C. The summed E-state index contributed by atoms with van der Waals surface area (Å²) in [6.07, 6.45) is 0. The van der Waals surface area contributed by atoms with Crippen molar-refractivity contribution in [2.75, 3.05) is 32.8 Å². The highest BCUT2D eigenvalue weighted by atomic mass is 16.6. The molecule has 0 saturated heterocycles. The van der Waals surface area contributed by atoms with Gasteiger partial charge in [0.25, 0.3) is 0 Å². The standard InChI is InChI=1S/C12H24N2O4/c1-5-17-10(15)8-13-6-7-14-9-11(16)18-12(2,3)4/h13-14H,5-9H2,1-4H3. The van der Waals surface area contributed by atoms with Crippen molar-refractivity contribution in [3.05, 3.63) is 0 Å². The molecule has 0 aromatic rings. The summed E-state index contributed by atoms with van der Waals surface area (Å²) in [5, 5.41) is 5.83. The van der Waals surface area contributed by atoms with Gasteiger partial charge in [0.2, 0.25) is 0 Å². The summed E-state index contributed by atoms with van der Waals surface area (Å²) in [6, 6.07) is 0. The van der Waals surface area contributed by atoms with E-state index in [1.54, 1.807) is 6.92 Å². The van der Waals surface area contributed by atoms with E-state index in [9.17, 15) is 9.59 Å². The molecule has 18 heavy (non-hydrogen) atoms. The van der Waals surface area contributed by atoms with Crippen LogP contribution in [0.15, 0.2) is 0 Å². The number of esters is 2. The van der Waals surface area contributed by atoms with Crippen molar-refractivity contribution < 1.29 is 19.1 Å². The topological polar surface area (TPSA) is 76.7 Å². The summed E-state index contributed by atoms with van der Waals surface area (Å²) < 4.78 is 9.86. The van der Waals surface area contributed by atoms with E-state index < -0.39 is 5.60 Å². The number of ether oxygens (including phenoxy) is 2. The zero-order chi connectivity index (χ0) is 14.0. The molecule has 0 aromatic heterocycles. The summed E-state index contributed by atoms with van der Waals surface area (Å²) in [4.78, 5) is 22.3. The summed E-state index contributed by atoms with van der Waals surface area (Å²) >= 11 is 0. The average Bonchev–Trinajstić information content (AvgIpc) is 2.21. The van der Waals surface area contributed by atoms with Crippen molar-refractivity contribution in [2.24, 2.45) is 0 Å². The average molecular weight is 260 g/mol. The molecule has 0 heterocycles. The Kier molecular flexibility index (Phi) is 8.32. The molecule has 2 N–H and O–H groups in total. The molecule has 0 amide bonds. The van der Waals surface area contributed by atoms with Gasteiger partial charge in [0, 0.05) is 13.1 Å². The van der Waals surface area contributed by atoms with Gasteiger partial charge in [-0.1, -0.05) is 0 Å². The summed E-state index contributed by atoms with van der Waals surface area (Å²) in [5.74, 6) is -0.558. The summed E-state index contributed by atoms with van der Waals surface area (Å²) in [7, 11) is 0. The minimum Gasteiger partial charge on any atom is -0.465 e. The molecular formula is C12H24N2O4. The van der Waals surface area contributed by atoms with E-state index in [0.717, 1.165) is 0 Å². The van der Waals surface area contributed by atoms with Crippen LogP contribution in [0.4, 0.5) is 0 Å². The van der Waals surface area contributed by atoms with Crippen molar-refractivity contribution >= 4 is 11.9 Å². The Hall–Kier alpha value is -1.14. The fourth-order valence-corrected chi connectivity index (χ4v) is 1.15. The highest BCUT2D eigenvalue weighted by molar-refractivity contribution is 5.72. The molecule has 0 bridgehead atoms. The van der Waals surface area contributed by atoms with Crippen LogP contribution in [0.1, 0.15) is 27.7 Å². The molecule has 106 valence electrons. The molecule has 0 aliphatic carbocycles. The summed E-state index contributed by atoms with van der Waals surface area (Å²) in [5.41, 5.74) is -0.457. The lowest BCUT2D eigenvalue weighted by atomic mass is 10.2. The Balaban J connectivity index is 3.41. The molecule has 0 spiro atoms. The van der Waals surface area contributed by atoms with Crippen LogP contribution >= 0.6 is 0 Å². The van der Waals surface area contributed by atoms with Crippen LogP contribution in [0.5, 0.6) is 0 Å². The molecular weight excluding hydrogens is 236 g/mol. The van der Waals surface area contributed by atoms with E-state index in [4.69, 9.17) is 9.47 Å². The molecule has 0 unspecified atom stereocenters. The number of carbonyl (C=O) groups excluding carboxylic acids is 2. The molecule has 0 radical (unpaired) electrons. The lowest BCUT2D eigenvalue weighted by Crippen LogP contribution is -2.36. The van der Waals surface area contributed by atoms with Crippen molar-refractivity contribution in [1.29, 1.82) is 0 Å². The first-order valence-electron chi connectivity index (χ1n) is 6.14. The third-order valence-electron chi connectivity index (χ3n) is 1.74. The van der Waals surface area contributed by atoms with E-state index >= 15 is 0 Å². The van der Waals surface area contributed by atoms with Crippen LogP contribution in [-0.2, 0) is 19.1 Å². The number of hydrogen-bond donors (Lipinski definition) is 2. The van der Waals surface area contributed by atoms with Crippen molar-refractivity contribution in [1.82, 2.24) is 10.6 Å². The van der Waals surface area contributed by atoms with E-state index in [1.165, 1.54) is 0 Å². The van der Waals surface area contributed by atoms with Gasteiger partial charge in [-0.2, -0.15) is 0 Å². The third-order valence-corrected chi connectivity index (χ3v) is 1.74. The molecule has 6 heteroatoms. The van der Waals surface area contributed by atoms with Gasteiger partial charge in [0.1, 0.15) is 5.60 Å². The van der Waals surface area contributed by atoms with Crippen LogP contribution in [0.2, 0.25) is 0 Å². The van der Waals surface area contributed by atoms with Gasteiger partial charge < -0.3 is 20.1 Å². The molecule has 0 aliphatic rings. The van der Waals surface area contributed by atoms with Crippen LogP contribution < -0.4 is 10.6 Å². The van der Waals surface area contributed by atoms with E-state index in [0.29, 0.717) is 19.7 Å². The van der Waals surface area contributed by atoms with Gasteiger partial charge >= 0.3 is 11.9 Å². The van der Waals surface area contributed by atoms with Crippen LogP contribution in [-0.4, -0.2) is 50.3 Å². The Bertz CT molecular complexity index is 261. The zero-order valence-electron chi connectivity index (χ0n) is 11.7. The number of rotatable bonds is 8. The first-order chi connectivity index (χ1) is 8.35. The van der Waals surface area contributed by atoms with Crippen LogP contribution in [0, 0.1) is 0 Å². The Labute approximate surface area is 108 Å². The minimum atomic E-state index is -0.457. The number of hydrogen-bond acceptors (Lipinski definition) is 6. The van der Waals surface area contributed by atoms with Gasteiger partial charge in [0.05, 0.1) is 19.7 Å². The molecule has 0 atom stereocenters. The van der Waals surface area contributed by atoms with E-state index in [-0.39, 0.29) is 25.0 Å². The molecule has 0 aliphatic heterocycles. The number of carbonyl (C=O) groups is 2. The lowest BCUT2D eigenvalue weighted by Gasteiger charge is -2.19. The fourth-order valence-electron chi connectivity index (χ4n) is 1.15. The third kappa shape index (κ3) is 11.3. The number of nitrogens with one attached hydrogen (secondary N) is 2. The lowest BCUT2D eigenvalue weighted by molar-refractivity contribution is -0.153. The minimum absolute atomic E-state index is 0.165. The quantitative estimate of drug-likeness (QED) is 0.475. The second kappa shape index (κ2) is 8.88. The van der Waals surface area contributed by atoms with Crippen molar-refractivity contribution in [3.8, 4) is 0 Å². The van der Waals surface area contributed by atoms with Gasteiger partial charge in [-0.25, -0.2) is 0 Å². The molecule has 0 fully saturated rings. The van der Waals surface area contributed by atoms with Crippen molar-refractivity contribution in [3.63, 3.8) is 0 Å². The highest BCUT2D eigenvalue weighted by Gasteiger charge is 2.15. The van der Waals surface area contributed by atoms with Gasteiger partial charge in [0.15, 0.2) is 0 Å². The second-order valence-electron chi connectivity index (χ2n) is 4.75. The zero-order valence-corrected chi connectivity index (χ0v) is 11.7. The maximum absolute atomic E-state index is 11.3. The molecule has 0 aromatic carbocycles. The highest BCUT2D eigenvalue weighted by Crippen LogP contribution is 2.05. The predicted octanol–water partition coefficient (Wildman–Crippen LogP) is 0.0704. The summed E-state index contributed by atoms with van der Waals surface area (Å²) in [6.45, 7) is 9.14. The smallest absolute Gasteiger partial charge is 0.320 e. The first-order valence-corrected chi connectivity index (χ1v) is 6.14. The second-order valence-corrected chi connectivity index (χ2v) is 4.75. The van der Waals surface area contributed by atoms with Gasteiger partial charge in [-0.05, 0) is 27.7 Å². The Morgan fingerprint density at radius 1 is 1.00 bits per heavy atom. The fraction of sp³-hybridized carbons (Fsp3) is 0.833. The van der Waals surface area contributed by atoms with Gasteiger partial charge in [-0.15, -0.1) is 0 Å². The monoisotopic (exact) mass is 260 g/mol. The van der Waals surface area contributed by atoms with Crippen LogP contribution in [0.25, 0.3) is 0 Å². The van der Waals surface area contributed by atoms with E-state index in [1.807, 2.05) is 20.8 Å². The predicted molar refractivity (Wildman–Crippen MR) is 68.2 cm³/mol. The molecule has 6 nitrogen and oxygen atoms in total. The van der Waals surface area contributed by atoms with Crippen molar-refractivity contribution in [2.45, 2.75) is 33.3 Å². The maximum atomic E-state index is 11.3. The maximum Gasteiger partial charge on any atom is 0.320 e.